The van der Waals surface area contributed by atoms with Gasteiger partial charge in [0, 0.05) is 18.2 Å². The number of rotatable bonds is 5. The second kappa shape index (κ2) is 7.63. The quantitative estimate of drug-likeness (QED) is 0.657. The number of aromatic nitrogens is 4. The molecule has 0 unspecified atom stereocenters. The molecule has 148 valence electrons. The summed E-state index contributed by atoms with van der Waals surface area (Å²) in [5.74, 6) is 0.338. The first-order valence-electron chi connectivity index (χ1n) is 8.20. The lowest BCUT2D eigenvalue weighted by Crippen LogP contribution is -2.07. The monoisotopic (exact) mass is 398 g/mol. The molecule has 1 aromatic carbocycles. The summed E-state index contributed by atoms with van der Waals surface area (Å²) in [4.78, 5) is 7.98. The molecule has 2 aromatic heterocycles. The minimum Gasteiger partial charge on any atom is -0.396 e. The van der Waals surface area contributed by atoms with Gasteiger partial charge in [0.2, 0.25) is 0 Å². The van der Waals surface area contributed by atoms with E-state index in [0.29, 0.717) is 5.56 Å². The van der Waals surface area contributed by atoms with Crippen molar-refractivity contribution in [2.75, 3.05) is 6.61 Å². The van der Waals surface area contributed by atoms with E-state index in [1.54, 1.807) is 0 Å². The molecule has 0 atom stereocenters. The van der Waals surface area contributed by atoms with E-state index in [1.165, 1.54) is 36.0 Å². The van der Waals surface area contributed by atoms with E-state index < -0.39 is 18.2 Å². The Labute approximate surface area is 156 Å². The van der Waals surface area contributed by atoms with Gasteiger partial charge in [-0.25, -0.2) is 18.4 Å². The Morgan fingerprint density at radius 2 is 1.93 bits per heavy atom. The molecule has 0 saturated carbocycles. The fourth-order valence-corrected chi connectivity index (χ4v) is 2.68. The molecule has 0 aliphatic carbocycles. The molecule has 10 heteroatoms. The molecule has 0 aliphatic heterocycles. The number of benzene rings is 1. The predicted octanol–water partition coefficient (Wildman–Crippen LogP) is 4.13. The van der Waals surface area contributed by atoms with Gasteiger partial charge in [-0.05, 0) is 36.8 Å². The maximum absolute atomic E-state index is 13.0. The number of hydrogen-bond acceptors (Lipinski definition) is 4. The minimum atomic E-state index is -4.54. The van der Waals surface area contributed by atoms with Crippen LogP contribution in [-0.4, -0.2) is 31.5 Å². The maximum atomic E-state index is 13.0. The summed E-state index contributed by atoms with van der Waals surface area (Å²) in [5.41, 5.74) is -0.620. The van der Waals surface area contributed by atoms with Crippen LogP contribution in [-0.2, 0) is 12.6 Å². The van der Waals surface area contributed by atoms with Crippen LogP contribution in [0.25, 0.3) is 17.1 Å². The highest BCUT2D eigenvalue weighted by Gasteiger charge is 2.31. The summed E-state index contributed by atoms with van der Waals surface area (Å²) in [6, 6.07) is 5.92. The van der Waals surface area contributed by atoms with Gasteiger partial charge in [-0.15, -0.1) is 0 Å². The summed E-state index contributed by atoms with van der Waals surface area (Å²) in [5, 5.41) is 13.3. The van der Waals surface area contributed by atoms with Crippen molar-refractivity contribution in [3.8, 4) is 17.1 Å². The molecule has 1 N–H and O–H groups in total. The summed E-state index contributed by atoms with van der Waals surface area (Å²) in [6.45, 7) is 1.20. The summed E-state index contributed by atoms with van der Waals surface area (Å²) in [6.07, 6.45) is -6.03. The third kappa shape index (κ3) is 4.01. The van der Waals surface area contributed by atoms with Crippen LogP contribution in [0.1, 0.15) is 29.1 Å². The van der Waals surface area contributed by atoms with Crippen molar-refractivity contribution in [3.05, 3.63) is 59.2 Å². The molecule has 5 nitrogen and oxygen atoms in total. The van der Waals surface area contributed by atoms with Gasteiger partial charge >= 0.3 is 6.18 Å². The van der Waals surface area contributed by atoms with E-state index in [1.807, 2.05) is 0 Å². The van der Waals surface area contributed by atoms with Crippen LogP contribution >= 0.6 is 0 Å². The van der Waals surface area contributed by atoms with Crippen LogP contribution in [0.15, 0.2) is 36.5 Å². The lowest BCUT2D eigenvalue weighted by molar-refractivity contribution is -0.137. The standard InChI is InChI=1S/C18H15F5N4O/c1-10-7-11(9-24-15(10)16(19)20)17-25-14(5-6-28)26-27(17)13-4-2-3-12(8-13)18(21,22)23/h2-4,7-9,16,28H,5-6H2,1H3. The number of hydrogen-bond donors (Lipinski definition) is 1. The number of alkyl halides is 5. The van der Waals surface area contributed by atoms with Gasteiger partial charge in [0.1, 0.15) is 5.69 Å². The zero-order chi connectivity index (χ0) is 20.5. The van der Waals surface area contributed by atoms with Crippen molar-refractivity contribution in [1.82, 2.24) is 19.7 Å². The van der Waals surface area contributed by atoms with Gasteiger partial charge in [-0.1, -0.05) is 6.07 Å². The largest absolute Gasteiger partial charge is 0.416 e. The molecule has 0 radical (unpaired) electrons. The first-order valence-corrected chi connectivity index (χ1v) is 8.20. The summed E-state index contributed by atoms with van der Waals surface area (Å²) in [7, 11) is 0. The van der Waals surface area contributed by atoms with Gasteiger partial charge in [-0.3, -0.25) is 4.98 Å². The Balaban J connectivity index is 2.14. The maximum Gasteiger partial charge on any atom is 0.416 e. The van der Waals surface area contributed by atoms with E-state index in [9.17, 15) is 22.0 Å². The molecule has 0 bridgehead atoms. The SMILES string of the molecule is Cc1cc(-c2nc(CCO)nn2-c2cccc(C(F)(F)F)c2)cnc1C(F)F. The van der Waals surface area contributed by atoms with Crippen LogP contribution in [0.4, 0.5) is 22.0 Å². The lowest BCUT2D eigenvalue weighted by Gasteiger charge is -2.11. The van der Waals surface area contributed by atoms with Gasteiger partial charge < -0.3 is 5.11 Å². The van der Waals surface area contributed by atoms with Crippen molar-refractivity contribution in [2.24, 2.45) is 0 Å². The molecule has 3 aromatic rings. The predicted molar refractivity (Wildman–Crippen MR) is 90.1 cm³/mol. The van der Waals surface area contributed by atoms with E-state index in [4.69, 9.17) is 5.11 Å². The molecular weight excluding hydrogens is 383 g/mol. The zero-order valence-electron chi connectivity index (χ0n) is 14.6. The first kappa shape index (κ1) is 19.9. The third-order valence-corrected chi connectivity index (χ3v) is 3.99. The average molecular weight is 398 g/mol. The van der Waals surface area contributed by atoms with Crippen molar-refractivity contribution < 1.29 is 27.1 Å². The van der Waals surface area contributed by atoms with Gasteiger partial charge in [0.25, 0.3) is 6.43 Å². The Hall–Kier alpha value is -2.88. The second-order valence-corrected chi connectivity index (χ2v) is 6.01. The number of aryl methyl sites for hydroxylation is 1. The summed E-state index contributed by atoms with van der Waals surface area (Å²) >= 11 is 0. The topological polar surface area (TPSA) is 63.8 Å². The fraction of sp³-hybridized carbons (Fsp3) is 0.278. The second-order valence-electron chi connectivity index (χ2n) is 6.01. The smallest absolute Gasteiger partial charge is 0.396 e. The first-order chi connectivity index (χ1) is 13.2. The highest BCUT2D eigenvalue weighted by Crippen LogP contribution is 2.31. The van der Waals surface area contributed by atoms with Gasteiger partial charge in [-0.2, -0.15) is 18.3 Å². The Kier molecular flexibility index (Phi) is 5.41. The number of nitrogens with zero attached hydrogens (tertiary/aromatic N) is 4. The molecule has 0 aliphatic rings. The van der Waals surface area contributed by atoms with E-state index >= 15 is 0 Å². The molecule has 28 heavy (non-hydrogen) atoms. The zero-order valence-corrected chi connectivity index (χ0v) is 14.6. The number of aliphatic hydroxyl groups is 1. The number of pyridine rings is 1. The van der Waals surface area contributed by atoms with Crippen LogP contribution in [0.5, 0.6) is 0 Å². The van der Waals surface area contributed by atoms with Crippen molar-refractivity contribution in [1.29, 1.82) is 0 Å². The molecular formula is C18H15F5N4O. The molecule has 3 rings (SSSR count). The van der Waals surface area contributed by atoms with Crippen LogP contribution in [0.2, 0.25) is 0 Å². The normalized spacial score (nSPS) is 12.0. The minimum absolute atomic E-state index is 0.0838. The van der Waals surface area contributed by atoms with Crippen molar-refractivity contribution in [2.45, 2.75) is 25.9 Å². The Bertz CT molecular complexity index is 984. The fourth-order valence-electron chi connectivity index (χ4n) is 2.68. The Morgan fingerprint density at radius 1 is 1.18 bits per heavy atom. The van der Waals surface area contributed by atoms with Crippen LogP contribution < -0.4 is 0 Å². The van der Waals surface area contributed by atoms with Gasteiger partial charge in [0.15, 0.2) is 11.6 Å². The Morgan fingerprint density at radius 3 is 2.54 bits per heavy atom. The van der Waals surface area contributed by atoms with Crippen molar-refractivity contribution in [3.63, 3.8) is 0 Å². The number of halogens is 5. The summed E-state index contributed by atoms with van der Waals surface area (Å²) < 4.78 is 66.2. The number of aliphatic hydroxyl groups excluding tert-OH is 1. The third-order valence-electron chi connectivity index (χ3n) is 3.99. The molecule has 0 saturated heterocycles. The van der Waals surface area contributed by atoms with E-state index in [0.717, 1.165) is 12.1 Å². The van der Waals surface area contributed by atoms with Crippen molar-refractivity contribution >= 4 is 0 Å². The molecule has 2 heterocycles. The van der Waals surface area contributed by atoms with Crippen LogP contribution in [0, 0.1) is 6.92 Å². The van der Waals surface area contributed by atoms with Crippen LogP contribution in [0.3, 0.4) is 0 Å². The van der Waals surface area contributed by atoms with Gasteiger partial charge in [0.05, 0.1) is 17.9 Å². The molecule has 0 fully saturated rings. The molecule has 0 amide bonds. The lowest BCUT2D eigenvalue weighted by atomic mass is 10.1. The molecule has 0 spiro atoms. The van der Waals surface area contributed by atoms with E-state index in [-0.39, 0.29) is 41.6 Å². The highest BCUT2D eigenvalue weighted by atomic mass is 19.4. The van der Waals surface area contributed by atoms with E-state index in [2.05, 4.69) is 15.1 Å². The average Bonchev–Trinajstić information content (AvgIpc) is 3.05. The highest BCUT2D eigenvalue weighted by molar-refractivity contribution is 5.58.